The highest BCUT2D eigenvalue weighted by Crippen LogP contribution is 2.33. The van der Waals surface area contributed by atoms with Crippen LogP contribution in [-0.2, 0) is 21.4 Å². The molecule has 1 fully saturated rings. The minimum Gasteiger partial charge on any atom is -0.497 e. The number of esters is 1. The van der Waals surface area contributed by atoms with E-state index >= 15 is 0 Å². The number of para-hydroxylation sites is 1. The monoisotopic (exact) mass is 557 g/mol. The summed E-state index contributed by atoms with van der Waals surface area (Å²) in [5.74, 6) is -1.34. The maximum atomic E-state index is 13.2. The van der Waals surface area contributed by atoms with Crippen LogP contribution in [0.4, 0.5) is 5.69 Å². The largest absolute Gasteiger partial charge is 0.497 e. The van der Waals surface area contributed by atoms with Crippen molar-refractivity contribution in [1.82, 2.24) is 9.55 Å². The summed E-state index contributed by atoms with van der Waals surface area (Å²) >= 11 is 1.06. The summed E-state index contributed by atoms with van der Waals surface area (Å²) in [7, 11) is 3.09. The molecular formula is C29H23N3O7S. The van der Waals surface area contributed by atoms with Crippen molar-refractivity contribution < 1.29 is 28.7 Å². The van der Waals surface area contributed by atoms with E-state index in [9.17, 15) is 24.0 Å². The first-order valence-corrected chi connectivity index (χ1v) is 13.1. The maximum absolute atomic E-state index is 13.2. The SMILES string of the molecule is COc1ccc(C(=O)COC(=O)c2ccc(N3C(=O)CC(Sc4nc5ccccc5c(=O)n4C)C3=O)cc2)cc1. The van der Waals surface area contributed by atoms with E-state index in [0.717, 1.165) is 16.7 Å². The number of ether oxygens (including phenoxy) is 2. The van der Waals surface area contributed by atoms with Gasteiger partial charge in [0, 0.05) is 19.0 Å². The topological polar surface area (TPSA) is 125 Å². The Kier molecular flexibility index (Phi) is 7.47. The average Bonchev–Trinajstić information content (AvgIpc) is 3.26. The minimum atomic E-state index is -0.764. The number of hydrogen-bond donors (Lipinski definition) is 0. The molecule has 0 N–H and O–H groups in total. The molecule has 11 heteroatoms. The number of methoxy groups -OCH3 is 1. The van der Waals surface area contributed by atoms with Gasteiger partial charge in [0.25, 0.3) is 5.56 Å². The third-order valence-corrected chi connectivity index (χ3v) is 7.63. The molecule has 1 unspecified atom stereocenters. The zero-order valence-electron chi connectivity index (χ0n) is 21.5. The van der Waals surface area contributed by atoms with Crippen molar-refractivity contribution in [2.75, 3.05) is 18.6 Å². The predicted octanol–water partition coefficient (Wildman–Crippen LogP) is 3.41. The van der Waals surface area contributed by atoms with E-state index in [-0.39, 0.29) is 23.3 Å². The van der Waals surface area contributed by atoms with Crippen molar-refractivity contribution in [2.45, 2.75) is 16.8 Å². The van der Waals surface area contributed by atoms with Crippen LogP contribution in [0.5, 0.6) is 5.75 Å². The van der Waals surface area contributed by atoms with Crippen LogP contribution in [-0.4, -0.2) is 52.1 Å². The van der Waals surface area contributed by atoms with E-state index in [0.29, 0.717) is 33.1 Å². The number of hydrogen-bond acceptors (Lipinski definition) is 9. The molecule has 1 atom stereocenters. The number of imide groups is 1. The van der Waals surface area contributed by atoms with Crippen LogP contribution in [0, 0.1) is 0 Å². The lowest BCUT2D eigenvalue weighted by Gasteiger charge is -2.16. The minimum absolute atomic E-state index is 0.0660. The summed E-state index contributed by atoms with van der Waals surface area (Å²) in [5.41, 5.74) is 1.10. The molecule has 1 aliphatic heterocycles. The molecule has 1 aliphatic rings. The number of carbonyl (C=O) groups is 4. The summed E-state index contributed by atoms with van der Waals surface area (Å²) in [5, 5.41) is 0.0351. The number of rotatable bonds is 8. The lowest BCUT2D eigenvalue weighted by molar-refractivity contribution is -0.121. The Balaban J connectivity index is 1.24. The van der Waals surface area contributed by atoms with Gasteiger partial charge in [0.15, 0.2) is 17.5 Å². The second kappa shape index (κ2) is 11.1. The highest BCUT2D eigenvalue weighted by molar-refractivity contribution is 8.00. The van der Waals surface area contributed by atoms with Crippen molar-refractivity contribution >= 4 is 51.9 Å². The number of amides is 2. The lowest BCUT2D eigenvalue weighted by Crippen LogP contribution is -2.31. The summed E-state index contributed by atoms with van der Waals surface area (Å²) in [6.07, 6.45) is -0.0660. The fraction of sp³-hybridized carbons (Fsp3) is 0.172. The van der Waals surface area contributed by atoms with Crippen LogP contribution in [0.3, 0.4) is 0 Å². The van der Waals surface area contributed by atoms with Gasteiger partial charge in [0.05, 0.1) is 29.3 Å². The van der Waals surface area contributed by atoms with Crippen LogP contribution in [0.1, 0.15) is 27.1 Å². The Morgan fingerprint density at radius 2 is 1.62 bits per heavy atom. The van der Waals surface area contributed by atoms with Crippen molar-refractivity contribution in [3.63, 3.8) is 0 Å². The van der Waals surface area contributed by atoms with Gasteiger partial charge >= 0.3 is 5.97 Å². The van der Waals surface area contributed by atoms with Gasteiger partial charge in [-0.1, -0.05) is 23.9 Å². The van der Waals surface area contributed by atoms with Gasteiger partial charge in [0.2, 0.25) is 11.8 Å². The molecule has 2 heterocycles. The predicted molar refractivity (Wildman–Crippen MR) is 148 cm³/mol. The summed E-state index contributed by atoms with van der Waals surface area (Å²) in [4.78, 5) is 69.0. The number of nitrogens with zero attached hydrogens (tertiary/aromatic N) is 3. The Morgan fingerprint density at radius 1 is 0.950 bits per heavy atom. The summed E-state index contributed by atoms with van der Waals surface area (Å²) in [6.45, 7) is -0.444. The molecule has 4 aromatic rings. The number of ketones is 1. The normalized spacial score (nSPS) is 14.9. The molecule has 0 radical (unpaired) electrons. The van der Waals surface area contributed by atoms with Crippen LogP contribution < -0.4 is 15.2 Å². The first-order valence-electron chi connectivity index (χ1n) is 12.2. The number of fused-ring (bicyclic) bond motifs is 1. The van der Waals surface area contributed by atoms with Gasteiger partial charge in [-0.2, -0.15) is 0 Å². The van der Waals surface area contributed by atoms with Crippen molar-refractivity contribution in [3.8, 4) is 5.75 Å². The highest BCUT2D eigenvalue weighted by Gasteiger charge is 2.41. The molecule has 202 valence electrons. The molecule has 10 nitrogen and oxygen atoms in total. The number of anilines is 1. The third kappa shape index (κ3) is 5.23. The zero-order chi connectivity index (χ0) is 28.4. The lowest BCUT2D eigenvalue weighted by atomic mass is 10.1. The Hall–Kier alpha value is -4.77. The number of Topliss-reactive ketones (excluding diaryl/α,β-unsaturated/α-hetero) is 1. The van der Waals surface area contributed by atoms with E-state index in [1.165, 1.54) is 35.9 Å². The Labute approximate surface area is 232 Å². The van der Waals surface area contributed by atoms with E-state index in [2.05, 4.69) is 4.98 Å². The fourth-order valence-corrected chi connectivity index (χ4v) is 5.30. The second-order valence-corrected chi connectivity index (χ2v) is 10.1. The molecular weight excluding hydrogens is 534 g/mol. The molecule has 3 aromatic carbocycles. The van der Waals surface area contributed by atoms with Crippen molar-refractivity contribution in [2.24, 2.45) is 7.05 Å². The van der Waals surface area contributed by atoms with E-state index in [1.54, 1.807) is 55.6 Å². The molecule has 0 bridgehead atoms. The molecule has 5 rings (SSSR count). The van der Waals surface area contributed by atoms with Gasteiger partial charge in [-0.15, -0.1) is 0 Å². The fourth-order valence-electron chi connectivity index (χ4n) is 4.22. The Morgan fingerprint density at radius 3 is 2.33 bits per heavy atom. The first kappa shape index (κ1) is 26.8. The van der Waals surface area contributed by atoms with Gasteiger partial charge in [-0.25, -0.2) is 14.7 Å². The molecule has 0 spiro atoms. The Bertz CT molecular complexity index is 1700. The summed E-state index contributed by atoms with van der Waals surface area (Å²) in [6, 6.07) is 19.1. The number of thioether (sulfide) groups is 1. The van der Waals surface area contributed by atoms with Crippen molar-refractivity contribution in [3.05, 3.63) is 94.3 Å². The molecule has 0 saturated carbocycles. The van der Waals surface area contributed by atoms with E-state index in [1.807, 2.05) is 0 Å². The number of carbonyl (C=O) groups excluding carboxylic acids is 4. The van der Waals surface area contributed by atoms with Crippen LogP contribution in [0.2, 0.25) is 0 Å². The standard InChI is InChI=1S/C29H23N3O7S/c1-31-26(35)21-5-3-4-6-22(21)30-29(31)40-24-15-25(34)32(27(24)36)19-11-7-18(8-12-19)28(37)39-16-23(33)17-9-13-20(38-2)14-10-17/h3-14,24H,15-16H2,1-2H3. The molecule has 1 saturated heterocycles. The molecule has 0 aliphatic carbocycles. The van der Waals surface area contributed by atoms with Gasteiger partial charge in [-0.3, -0.25) is 23.7 Å². The third-order valence-electron chi connectivity index (χ3n) is 6.40. The van der Waals surface area contributed by atoms with E-state index < -0.39 is 29.6 Å². The smallest absolute Gasteiger partial charge is 0.338 e. The van der Waals surface area contributed by atoms with Crippen LogP contribution in [0.15, 0.2) is 82.7 Å². The van der Waals surface area contributed by atoms with Crippen LogP contribution in [0.25, 0.3) is 10.9 Å². The summed E-state index contributed by atoms with van der Waals surface area (Å²) < 4.78 is 11.6. The van der Waals surface area contributed by atoms with Crippen LogP contribution >= 0.6 is 11.8 Å². The number of benzene rings is 3. The second-order valence-electron chi connectivity index (χ2n) is 8.93. The maximum Gasteiger partial charge on any atom is 0.338 e. The number of aromatic nitrogens is 2. The highest BCUT2D eigenvalue weighted by atomic mass is 32.2. The van der Waals surface area contributed by atoms with E-state index in [4.69, 9.17) is 9.47 Å². The average molecular weight is 558 g/mol. The molecule has 1 aromatic heterocycles. The van der Waals surface area contributed by atoms with Gasteiger partial charge < -0.3 is 9.47 Å². The molecule has 2 amide bonds. The first-order chi connectivity index (χ1) is 19.3. The quantitative estimate of drug-likeness (QED) is 0.139. The van der Waals surface area contributed by atoms with Gasteiger partial charge in [-0.05, 0) is 60.7 Å². The molecule has 40 heavy (non-hydrogen) atoms. The van der Waals surface area contributed by atoms with Gasteiger partial charge in [0.1, 0.15) is 11.0 Å². The van der Waals surface area contributed by atoms with Crippen molar-refractivity contribution in [1.29, 1.82) is 0 Å². The zero-order valence-corrected chi connectivity index (χ0v) is 22.3.